The second-order valence-corrected chi connectivity index (χ2v) is 10.5. The van der Waals surface area contributed by atoms with Crippen molar-refractivity contribution in [2.75, 3.05) is 0 Å². The molecule has 6 rings (SSSR count). The van der Waals surface area contributed by atoms with E-state index in [9.17, 15) is 0 Å². The van der Waals surface area contributed by atoms with Gasteiger partial charge in [0.15, 0.2) is 0 Å². The molecule has 158 valence electrons. The highest BCUT2D eigenvalue weighted by Crippen LogP contribution is 2.51. The number of aromatic nitrogens is 1. The summed E-state index contributed by atoms with van der Waals surface area (Å²) in [6.45, 7) is 8.87. The first-order valence-electron chi connectivity index (χ1n) is 11.0. The first-order chi connectivity index (χ1) is 15.3. The van der Waals surface area contributed by atoms with E-state index in [0.29, 0.717) is 0 Å². The number of benzene rings is 4. The Morgan fingerprint density at radius 1 is 0.906 bits per heavy atom. The molecule has 0 bridgehead atoms. The Kier molecular flexibility index (Phi) is 4.10. The zero-order valence-corrected chi connectivity index (χ0v) is 19.5. The van der Waals surface area contributed by atoms with E-state index in [1.54, 1.807) is 0 Å². The Balaban J connectivity index is 1.75. The minimum absolute atomic E-state index is 0.120. The summed E-state index contributed by atoms with van der Waals surface area (Å²) < 4.78 is 6.73. The molecule has 0 N–H and O–H groups in total. The quantitative estimate of drug-likeness (QED) is 0.239. The Morgan fingerprint density at radius 3 is 2.53 bits per heavy atom. The molecule has 5 aromatic rings. The monoisotopic (exact) mass is 437 g/mol. The van der Waals surface area contributed by atoms with E-state index in [2.05, 4.69) is 69.3 Å². The van der Waals surface area contributed by atoms with Crippen LogP contribution in [0.2, 0.25) is 5.02 Å². The minimum atomic E-state index is 0.120. The Bertz CT molecular complexity index is 1580. The summed E-state index contributed by atoms with van der Waals surface area (Å²) in [6.07, 6.45) is 2.83. The zero-order valence-electron chi connectivity index (χ0n) is 18.7. The average Bonchev–Trinajstić information content (AvgIpc) is 2.75. The lowest BCUT2D eigenvalue weighted by atomic mass is 9.83. The number of hydrogen-bond acceptors (Lipinski definition) is 2. The molecule has 0 saturated heterocycles. The van der Waals surface area contributed by atoms with Gasteiger partial charge < -0.3 is 4.74 Å². The smallest absolute Gasteiger partial charge is 0.140 e. The third-order valence-electron chi connectivity index (χ3n) is 6.38. The molecule has 4 aromatic carbocycles. The van der Waals surface area contributed by atoms with Crippen LogP contribution in [0.3, 0.4) is 0 Å². The van der Waals surface area contributed by atoms with Crippen molar-refractivity contribution < 1.29 is 4.74 Å². The highest BCUT2D eigenvalue weighted by atomic mass is 35.5. The number of pyridine rings is 1. The molecule has 0 unspecified atom stereocenters. The molecule has 0 atom stereocenters. The molecule has 1 aliphatic rings. The number of halogens is 1. The van der Waals surface area contributed by atoms with Crippen molar-refractivity contribution in [2.24, 2.45) is 5.41 Å². The summed E-state index contributed by atoms with van der Waals surface area (Å²) in [5, 5.41) is 7.73. The molecule has 2 nitrogen and oxygen atoms in total. The summed E-state index contributed by atoms with van der Waals surface area (Å²) in [7, 11) is 0. The van der Waals surface area contributed by atoms with E-state index < -0.39 is 0 Å². The van der Waals surface area contributed by atoms with Gasteiger partial charge in [0.05, 0.1) is 11.1 Å². The van der Waals surface area contributed by atoms with E-state index >= 15 is 0 Å². The first-order valence-corrected chi connectivity index (χ1v) is 11.4. The van der Waals surface area contributed by atoms with Crippen LogP contribution in [0.5, 0.6) is 11.5 Å². The molecule has 2 heterocycles. The summed E-state index contributed by atoms with van der Waals surface area (Å²) >= 11 is 6.47. The van der Waals surface area contributed by atoms with Gasteiger partial charge in [0, 0.05) is 22.3 Å². The second kappa shape index (κ2) is 6.70. The minimum Gasteiger partial charge on any atom is -0.456 e. The molecule has 0 amide bonds. The number of aryl methyl sites for hydroxylation is 1. The van der Waals surface area contributed by atoms with Crippen molar-refractivity contribution in [2.45, 2.75) is 34.1 Å². The molecule has 3 heteroatoms. The molecule has 32 heavy (non-hydrogen) atoms. The SMILES string of the molecule is Cc1cc2c(cc1Cl)cc1c3c(nccc32)-c2cc3ccccc3c(CC(C)(C)C)c2O1. The van der Waals surface area contributed by atoms with Crippen LogP contribution in [0.1, 0.15) is 31.9 Å². The largest absolute Gasteiger partial charge is 0.456 e. The van der Waals surface area contributed by atoms with Crippen LogP contribution in [-0.2, 0) is 6.42 Å². The van der Waals surface area contributed by atoms with E-state index in [1.807, 2.05) is 19.2 Å². The van der Waals surface area contributed by atoms with Crippen molar-refractivity contribution in [3.63, 3.8) is 0 Å². The Labute approximate surface area is 192 Å². The molecule has 0 aliphatic carbocycles. The van der Waals surface area contributed by atoms with Gasteiger partial charge in [-0.05, 0) is 81.6 Å². The van der Waals surface area contributed by atoms with Crippen LogP contribution in [0.15, 0.2) is 60.8 Å². The Hall–Kier alpha value is -3.10. The van der Waals surface area contributed by atoms with Gasteiger partial charge in [-0.2, -0.15) is 0 Å². The number of fused-ring (bicyclic) bond motifs is 5. The molecule has 0 saturated carbocycles. The molecule has 0 spiro atoms. The van der Waals surface area contributed by atoms with Crippen molar-refractivity contribution in [1.29, 1.82) is 0 Å². The van der Waals surface area contributed by atoms with E-state index in [1.165, 1.54) is 21.7 Å². The topological polar surface area (TPSA) is 22.1 Å². The summed E-state index contributed by atoms with van der Waals surface area (Å²) in [5.74, 6) is 1.79. The normalized spacial score (nSPS) is 12.9. The summed E-state index contributed by atoms with van der Waals surface area (Å²) in [5.41, 5.74) is 4.51. The highest BCUT2D eigenvalue weighted by molar-refractivity contribution is 6.32. The lowest BCUT2D eigenvalue weighted by Gasteiger charge is -2.27. The van der Waals surface area contributed by atoms with E-state index in [-0.39, 0.29) is 5.41 Å². The van der Waals surface area contributed by atoms with Gasteiger partial charge in [-0.3, -0.25) is 4.98 Å². The van der Waals surface area contributed by atoms with E-state index in [4.69, 9.17) is 21.3 Å². The zero-order chi connectivity index (χ0) is 22.2. The standard InChI is InChI=1S/C29H24ClNO/c1-16-11-21-18(13-24(16)30)14-25-26-20(21)9-10-31-27(26)22-12-17-7-5-6-8-19(17)23(28(22)32-25)15-29(2,3)4/h5-14H,15H2,1-4H3. The fraction of sp³-hybridized carbons (Fsp3) is 0.207. The molecular formula is C29H24ClNO. The molecule has 0 radical (unpaired) electrons. The molecule has 1 aromatic heterocycles. The van der Waals surface area contributed by atoms with Gasteiger partial charge in [-0.15, -0.1) is 0 Å². The van der Waals surface area contributed by atoms with Gasteiger partial charge >= 0.3 is 0 Å². The Morgan fingerprint density at radius 2 is 1.72 bits per heavy atom. The second-order valence-electron chi connectivity index (χ2n) is 10.1. The number of hydrogen-bond donors (Lipinski definition) is 0. The van der Waals surface area contributed by atoms with Crippen LogP contribution in [0, 0.1) is 12.3 Å². The predicted molar refractivity (Wildman–Crippen MR) is 135 cm³/mol. The van der Waals surface area contributed by atoms with Crippen molar-refractivity contribution in [3.05, 3.63) is 76.9 Å². The first kappa shape index (κ1) is 19.6. The lowest BCUT2D eigenvalue weighted by Crippen LogP contribution is -2.12. The van der Waals surface area contributed by atoms with Crippen molar-refractivity contribution in [3.8, 4) is 22.8 Å². The van der Waals surface area contributed by atoms with Gasteiger partial charge in [0.1, 0.15) is 11.5 Å². The summed E-state index contributed by atoms with van der Waals surface area (Å²) in [6, 6.07) is 19.2. The average molecular weight is 438 g/mol. The van der Waals surface area contributed by atoms with Crippen molar-refractivity contribution >= 4 is 43.9 Å². The van der Waals surface area contributed by atoms with Gasteiger partial charge in [0.2, 0.25) is 0 Å². The highest BCUT2D eigenvalue weighted by Gasteiger charge is 2.28. The molecular weight excluding hydrogens is 414 g/mol. The number of rotatable bonds is 1. The lowest BCUT2D eigenvalue weighted by molar-refractivity contribution is 0.400. The summed E-state index contributed by atoms with van der Waals surface area (Å²) in [4.78, 5) is 4.86. The van der Waals surface area contributed by atoms with Crippen LogP contribution < -0.4 is 4.74 Å². The maximum atomic E-state index is 6.73. The maximum absolute atomic E-state index is 6.73. The maximum Gasteiger partial charge on any atom is 0.140 e. The third kappa shape index (κ3) is 2.90. The third-order valence-corrected chi connectivity index (χ3v) is 6.79. The van der Waals surface area contributed by atoms with Crippen LogP contribution in [-0.4, -0.2) is 4.98 Å². The molecule has 0 fully saturated rings. The van der Waals surface area contributed by atoms with Crippen LogP contribution in [0.25, 0.3) is 43.6 Å². The fourth-order valence-corrected chi connectivity index (χ4v) is 5.17. The predicted octanol–water partition coefficient (Wildman–Crippen LogP) is 8.86. The van der Waals surface area contributed by atoms with Gasteiger partial charge in [-0.1, -0.05) is 56.6 Å². The fourth-order valence-electron chi connectivity index (χ4n) is 5.00. The van der Waals surface area contributed by atoms with E-state index in [0.717, 1.165) is 55.9 Å². The van der Waals surface area contributed by atoms with Crippen molar-refractivity contribution in [1.82, 2.24) is 4.98 Å². The van der Waals surface area contributed by atoms with Gasteiger partial charge in [-0.25, -0.2) is 0 Å². The van der Waals surface area contributed by atoms with Crippen LogP contribution in [0.4, 0.5) is 0 Å². The number of ether oxygens (including phenoxy) is 1. The molecule has 1 aliphatic heterocycles. The van der Waals surface area contributed by atoms with Gasteiger partial charge in [0.25, 0.3) is 0 Å². The number of nitrogens with zero attached hydrogens (tertiary/aromatic N) is 1. The van der Waals surface area contributed by atoms with Crippen LogP contribution >= 0.6 is 11.6 Å².